The Labute approximate surface area is 219 Å². The number of benzene rings is 3. The second-order valence-electron chi connectivity index (χ2n) is 7.33. The minimum Gasteiger partial charge on any atom is -0.379 e. The van der Waals surface area contributed by atoms with E-state index in [9.17, 15) is 28.1 Å². The third-order valence-electron chi connectivity index (χ3n) is 4.95. The maximum absolute atomic E-state index is 12.8. The number of rotatable bonds is 7. The third-order valence-corrected chi connectivity index (χ3v) is 7.81. The van der Waals surface area contributed by atoms with Crippen LogP contribution in [0.25, 0.3) is 6.08 Å². The molecule has 9 nitrogen and oxygen atoms in total. The van der Waals surface area contributed by atoms with Crippen molar-refractivity contribution in [2.24, 2.45) is 0 Å². The molecule has 1 fully saturated rings. The largest absolute Gasteiger partial charge is 0.379 e. The fourth-order valence-corrected chi connectivity index (χ4v) is 5.50. The zero-order valence-electron chi connectivity index (χ0n) is 18.0. The van der Waals surface area contributed by atoms with Gasteiger partial charge in [0.15, 0.2) is 0 Å². The predicted molar refractivity (Wildman–Crippen MR) is 135 cm³/mol. The lowest BCUT2D eigenvalue weighted by Crippen LogP contribution is -2.27. The van der Waals surface area contributed by atoms with Crippen LogP contribution in [0.15, 0.2) is 76.5 Å². The highest BCUT2D eigenvalue weighted by Gasteiger charge is 2.35. The van der Waals surface area contributed by atoms with E-state index in [4.69, 9.17) is 27.4 Å². The van der Waals surface area contributed by atoms with E-state index >= 15 is 0 Å². The standard InChI is InChI=1S/C23H14Cl2N2O7S2/c24-19-5-2-6-20(25)18(19)13-26-22(28)21(35-23(26)29)11-14-7-9-16(10-8-14)34-36(32,33)17-4-1-3-15(12-17)27(30)31/h1-12H,13H2/b21-11-. The highest BCUT2D eigenvalue weighted by atomic mass is 35.5. The van der Waals surface area contributed by atoms with Gasteiger partial charge in [-0.2, -0.15) is 8.42 Å². The Morgan fingerprint density at radius 2 is 1.64 bits per heavy atom. The number of nitro benzene ring substituents is 1. The van der Waals surface area contributed by atoms with Gasteiger partial charge in [0.25, 0.3) is 16.8 Å². The summed E-state index contributed by atoms with van der Waals surface area (Å²) in [6.45, 7) is -0.0806. The quantitative estimate of drug-likeness (QED) is 0.150. The van der Waals surface area contributed by atoms with Crippen molar-refractivity contribution in [1.82, 2.24) is 4.90 Å². The third kappa shape index (κ3) is 5.54. The monoisotopic (exact) mass is 564 g/mol. The predicted octanol–water partition coefficient (Wildman–Crippen LogP) is 5.91. The highest BCUT2D eigenvalue weighted by molar-refractivity contribution is 8.18. The molecule has 0 radical (unpaired) electrons. The maximum Gasteiger partial charge on any atom is 0.339 e. The molecule has 0 aromatic heterocycles. The number of carbonyl (C=O) groups excluding carboxylic acids is 2. The first kappa shape index (κ1) is 25.7. The highest BCUT2D eigenvalue weighted by Crippen LogP contribution is 2.36. The molecule has 1 aliphatic heterocycles. The summed E-state index contributed by atoms with van der Waals surface area (Å²) in [6.07, 6.45) is 1.48. The molecule has 0 unspecified atom stereocenters. The van der Waals surface area contributed by atoms with Crippen LogP contribution in [0.2, 0.25) is 10.0 Å². The van der Waals surface area contributed by atoms with E-state index in [1.807, 2.05) is 0 Å². The van der Waals surface area contributed by atoms with Gasteiger partial charge in [-0.05, 0) is 53.7 Å². The van der Waals surface area contributed by atoms with Crippen molar-refractivity contribution >= 4 is 68.0 Å². The second-order valence-corrected chi connectivity index (χ2v) is 10.7. The number of non-ortho nitro benzene ring substituents is 1. The first-order valence-electron chi connectivity index (χ1n) is 10.0. The molecule has 2 amide bonds. The molecule has 0 bridgehead atoms. The van der Waals surface area contributed by atoms with Crippen LogP contribution in [0.5, 0.6) is 5.75 Å². The summed E-state index contributed by atoms with van der Waals surface area (Å²) in [5.74, 6) is -0.560. The molecule has 1 saturated heterocycles. The maximum atomic E-state index is 12.8. The SMILES string of the molecule is O=C1S/C(=C\c2ccc(OS(=O)(=O)c3cccc([N+](=O)[O-])c3)cc2)C(=O)N1Cc1c(Cl)cccc1Cl. The Bertz CT molecular complexity index is 1500. The molecule has 3 aromatic rings. The van der Waals surface area contributed by atoms with Crippen LogP contribution in [-0.2, 0) is 21.5 Å². The number of nitro groups is 1. The number of hydrogen-bond donors (Lipinski definition) is 0. The van der Waals surface area contributed by atoms with Crippen molar-refractivity contribution < 1.29 is 27.1 Å². The van der Waals surface area contributed by atoms with Crippen molar-refractivity contribution in [2.75, 3.05) is 0 Å². The lowest BCUT2D eigenvalue weighted by Gasteiger charge is -2.14. The molecule has 0 saturated carbocycles. The molecular weight excluding hydrogens is 551 g/mol. The van der Waals surface area contributed by atoms with E-state index in [2.05, 4.69) is 0 Å². The van der Waals surface area contributed by atoms with Gasteiger partial charge in [-0.3, -0.25) is 24.6 Å². The molecule has 3 aromatic carbocycles. The fourth-order valence-electron chi connectivity index (χ4n) is 3.18. The molecule has 184 valence electrons. The normalized spacial score (nSPS) is 14.9. The number of thioether (sulfide) groups is 1. The van der Waals surface area contributed by atoms with E-state index in [-0.39, 0.29) is 27.8 Å². The summed E-state index contributed by atoms with van der Waals surface area (Å²) in [5, 5.41) is 11.1. The van der Waals surface area contributed by atoms with E-state index in [0.717, 1.165) is 22.7 Å². The Hall–Kier alpha value is -3.38. The van der Waals surface area contributed by atoms with E-state index in [1.54, 1.807) is 18.2 Å². The minimum absolute atomic E-state index is 0.0416. The van der Waals surface area contributed by atoms with Gasteiger partial charge in [-0.1, -0.05) is 47.5 Å². The number of imide groups is 1. The number of carbonyl (C=O) groups is 2. The summed E-state index contributed by atoms with van der Waals surface area (Å²) in [7, 11) is -4.32. The molecule has 0 aliphatic carbocycles. The lowest BCUT2D eigenvalue weighted by atomic mass is 10.2. The topological polar surface area (TPSA) is 124 Å². The molecular formula is C23H14Cl2N2O7S2. The lowest BCUT2D eigenvalue weighted by molar-refractivity contribution is -0.385. The summed E-state index contributed by atoms with van der Waals surface area (Å²) >= 11 is 13.1. The average molecular weight is 565 g/mol. The van der Waals surface area contributed by atoms with E-state index in [1.165, 1.54) is 48.5 Å². The number of nitrogens with zero attached hydrogens (tertiary/aromatic N) is 2. The van der Waals surface area contributed by atoms with Crippen LogP contribution in [0, 0.1) is 10.1 Å². The molecule has 0 N–H and O–H groups in total. The van der Waals surface area contributed by atoms with Crippen molar-refractivity contribution in [3.8, 4) is 5.75 Å². The zero-order valence-corrected chi connectivity index (χ0v) is 21.1. The zero-order chi connectivity index (χ0) is 26.0. The molecule has 0 spiro atoms. The summed E-state index contributed by atoms with van der Waals surface area (Å²) in [5.41, 5.74) is 0.577. The minimum atomic E-state index is -4.32. The molecule has 4 rings (SSSR count). The molecule has 1 aliphatic rings. The first-order chi connectivity index (χ1) is 17.0. The van der Waals surface area contributed by atoms with Gasteiger partial charge in [0.2, 0.25) is 0 Å². The van der Waals surface area contributed by atoms with Crippen LogP contribution >= 0.6 is 35.0 Å². The van der Waals surface area contributed by atoms with Crippen LogP contribution in [-0.4, -0.2) is 29.4 Å². The van der Waals surface area contributed by atoms with Crippen molar-refractivity contribution in [2.45, 2.75) is 11.4 Å². The number of amides is 2. The molecule has 13 heteroatoms. The Morgan fingerprint density at radius 3 is 2.28 bits per heavy atom. The van der Waals surface area contributed by atoms with Gasteiger partial charge in [0.05, 0.1) is 16.4 Å². The summed E-state index contributed by atoms with van der Waals surface area (Å²) in [4.78, 5) is 36.3. The van der Waals surface area contributed by atoms with Gasteiger partial charge in [-0.15, -0.1) is 0 Å². The van der Waals surface area contributed by atoms with Crippen LogP contribution in [0.3, 0.4) is 0 Å². The van der Waals surface area contributed by atoms with Gasteiger partial charge >= 0.3 is 10.1 Å². The van der Waals surface area contributed by atoms with Crippen molar-refractivity contribution in [1.29, 1.82) is 0 Å². The fraction of sp³-hybridized carbons (Fsp3) is 0.0435. The Kier molecular flexibility index (Phi) is 7.36. The van der Waals surface area contributed by atoms with E-state index in [0.29, 0.717) is 21.2 Å². The molecule has 0 atom stereocenters. The van der Waals surface area contributed by atoms with Crippen LogP contribution in [0.1, 0.15) is 11.1 Å². The summed E-state index contributed by atoms with van der Waals surface area (Å²) in [6, 6.07) is 15.1. The first-order valence-corrected chi connectivity index (χ1v) is 13.0. The Morgan fingerprint density at radius 1 is 1.00 bits per heavy atom. The van der Waals surface area contributed by atoms with Gasteiger partial charge in [0.1, 0.15) is 10.6 Å². The van der Waals surface area contributed by atoms with Crippen LogP contribution < -0.4 is 4.18 Å². The van der Waals surface area contributed by atoms with Crippen molar-refractivity contribution in [3.63, 3.8) is 0 Å². The van der Waals surface area contributed by atoms with E-state index < -0.39 is 26.2 Å². The van der Waals surface area contributed by atoms with Gasteiger partial charge < -0.3 is 4.18 Å². The smallest absolute Gasteiger partial charge is 0.339 e. The van der Waals surface area contributed by atoms with Crippen molar-refractivity contribution in [3.05, 3.63) is 103 Å². The number of halogens is 2. The summed E-state index contributed by atoms with van der Waals surface area (Å²) < 4.78 is 30.0. The average Bonchev–Trinajstić information content (AvgIpc) is 3.09. The second kappa shape index (κ2) is 10.3. The number of hydrogen-bond acceptors (Lipinski definition) is 8. The van der Waals surface area contributed by atoms with Gasteiger partial charge in [0, 0.05) is 27.7 Å². The molecule has 1 heterocycles. The van der Waals surface area contributed by atoms with Crippen LogP contribution in [0.4, 0.5) is 10.5 Å². The molecule has 36 heavy (non-hydrogen) atoms. The Balaban J connectivity index is 1.49. The van der Waals surface area contributed by atoms with Gasteiger partial charge in [-0.25, -0.2) is 0 Å².